The van der Waals surface area contributed by atoms with Crippen molar-refractivity contribution in [3.8, 4) is 5.75 Å². The van der Waals surface area contributed by atoms with Crippen molar-refractivity contribution in [1.82, 2.24) is 5.32 Å². The molecule has 1 aromatic carbocycles. The van der Waals surface area contributed by atoms with E-state index in [4.69, 9.17) is 0 Å². The molecule has 0 saturated carbocycles. The van der Waals surface area contributed by atoms with E-state index in [1.807, 2.05) is 6.07 Å². The van der Waals surface area contributed by atoms with Crippen LogP contribution in [0.5, 0.6) is 5.75 Å². The van der Waals surface area contributed by atoms with Gasteiger partial charge in [0.05, 0.1) is 12.6 Å². The van der Waals surface area contributed by atoms with Crippen molar-refractivity contribution in [2.24, 2.45) is 4.99 Å². The molecule has 0 bridgehead atoms. The Hall–Kier alpha value is -1.28. The molecule has 102 valence electrons. The quantitative estimate of drug-likeness (QED) is 0.479. The van der Waals surface area contributed by atoms with Gasteiger partial charge >= 0.3 is 0 Å². The summed E-state index contributed by atoms with van der Waals surface area (Å²) in [6.07, 6.45) is -0.441. The summed E-state index contributed by atoms with van der Waals surface area (Å²) in [5, 5.41) is 25.1. The van der Waals surface area contributed by atoms with E-state index in [1.54, 1.807) is 12.1 Å². The Balaban J connectivity index is 2.16. The third kappa shape index (κ3) is 3.84. The number of aromatic hydroxyl groups is 1. The second-order valence-electron chi connectivity index (χ2n) is 4.35. The number of halogens is 1. The number of rotatable bonds is 3. The number of hydrogen-bond acceptors (Lipinski definition) is 5. The van der Waals surface area contributed by atoms with Crippen molar-refractivity contribution in [3.63, 3.8) is 0 Å². The highest BCUT2D eigenvalue weighted by Crippen LogP contribution is 2.25. The average molecular weight is 373 g/mol. The molecule has 5 nitrogen and oxygen atoms in total. The molecule has 0 spiro atoms. The monoisotopic (exact) mass is 373 g/mol. The lowest BCUT2D eigenvalue weighted by atomic mass is 10.1. The predicted molar refractivity (Wildman–Crippen MR) is 86.0 cm³/mol. The van der Waals surface area contributed by atoms with Crippen molar-refractivity contribution in [3.05, 3.63) is 30.3 Å². The third-order valence-electron chi connectivity index (χ3n) is 2.72. The number of aliphatic imine (C=N–C) groups is 1. The molecular weight excluding hydrogens is 357 g/mol. The van der Waals surface area contributed by atoms with Crippen LogP contribution in [-0.4, -0.2) is 39.8 Å². The number of alkyl halides is 1. The molecule has 0 saturated heterocycles. The minimum atomic E-state index is -0.441. The van der Waals surface area contributed by atoms with E-state index in [2.05, 4.69) is 44.8 Å². The lowest BCUT2D eigenvalue weighted by Gasteiger charge is -2.20. The minimum Gasteiger partial charge on any atom is -0.508 e. The number of β-amino-alcohol motifs (C(OH)–C–C–N with tert-alkyl or cyclic N) is 1. The number of benzene rings is 1. The summed E-state index contributed by atoms with van der Waals surface area (Å²) >= 11 is 2.23. The largest absolute Gasteiger partial charge is 0.508 e. The topological polar surface area (TPSA) is 76.9 Å². The number of aliphatic hydroxyl groups is 1. The Kier molecular flexibility index (Phi) is 4.65. The second kappa shape index (κ2) is 6.25. The van der Waals surface area contributed by atoms with Gasteiger partial charge in [-0.3, -0.25) is 4.99 Å². The summed E-state index contributed by atoms with van der Waals surface area (Å²) < 4.78 is 0.798. The Labute approximate surface area is 125 Å². The number of hydrogen-bond donors (Lipinski definition) is 4. The average Bonchev–Trinajstić information content (AvgIpc) is 2.40. The zero-order chi connectivity index (χ0) is 13.8. The van der Waals surface area contributed by atoms with Crippen molar-refractivity contribution < 1.29 is 10.2 Å². The maximum Gasteiger partial charge on any atom is 0.195 e. The molecule has 1 aromatic rings. The zero-order valence-corrected chi connectivity index (χ0v) is 12.5. The number of phenols is 1. The molecule has 1 atom stereocenters. The van der Waals surface area contributed by atoms with Gasteiger partial charge in [0.25, 0.3) is 0 Å². The highest BCUT2D eigenvalue weighted by molar-refractivity contribution is 14.1. The highest BCUT2D eigenvalue weighted by Gasteiger charge is 2.12. The van der Waals surface area contributed by atoms with E-state index < -0.39 is 6.10 Å². The number of allylic oxidation sites excluding steroid dienone is 1. The van der Waals surface area contributed by atoms with E-state index in [0.717, 1.165) is 21.3 Å². The van der Waals surface area contributed by atoms with Crippen LogP contribution in [0.25, 0.3) is 5.57 Å². The molecule has 1 aliphatic rings. The fourth-order valence-electron chi connectivity index (χ4n) is 1.72. The van der Waals surface area contributed by atoms with Gasteiger partial charge < -0.3 is 20.8 Å². The van der Waals surface area contributed by atoms with Crippen LogP contribution in [0.4, 0.5) is 5.69 Å². The van der Waals surface area contributed by atoms with E-state index in [1.165, 1.54) is 0 Å². The molecule has 0 radical (unpaired) electrons. The van der Waals surface area contributed by atoms with Crippen LogP contribution in [0.2, 0.25) is 0 Å². The SMILES string of the molecule is C=C(CI)c1cc(O)cc(NC2=NCC(O)CN2)c1. The summed E-state index contributed by atoms with van der Waals surface area (Å²) in [5.41, 5.74) is 2.59. The van der Waals surface area contributed by atoms with Gasteiger partial charge in [0, 0.05) is 22.7 Å². The molecule has 1 heterocycles. The summed E-state index contributed by atoms with van der Waals surface area (Å²) in [4.78, 5) is 4.17. The van der Waals surface area contributed by atoms with E-state index in [-0.39, 0.29) is 5.75 Å². The van der Waals surface area contributed by atoms with Crippen molar-refractivity contribution in [2.75, 3.05) is 22.8 Å². The summed E-state index contributed by atoms with van der Waals surface area (Å²) in [5.74, 6) is 0.782. The first-order valence-electron chi connectivity index (χ1n) is 5.90. The Morgan fingerprint density at radius 3 is 2.95 bits per heavy atom. The normalized spacial score (nSPS) is 18.4. The molecule has 0 aromatic heterocycles. The summed E-state index contributed by atoms with van der Waals surface area (Å²) in [6.45, 7) is 4.80. The van der Waals surface area contributed by atoms with Crippen molar-refractivity contribution in [1.29, 1.82) is 0 Å². The molecule has 19 heavy (non-hydrogen) atoms. The Morgan fingerprint density at radius 2 is 2.32 bits per heavy atom. The van der Waals surface area contributed by atoms with Crippen LogP contribution >= 0.6 is 22.6 Å². The molecular formula is C13H16IN3O2. The van der Waals surface area contributed by atoms with Gasteiger partial charge in [0.15, 0.2) is 5.96 Å². The molecule has 0 fully saturated rings. The van der Waals surface area contributed by atoms with Crippen LogP contribution in [0.1, 0.15) is 5.56 Å². The lowest BCUT2D eigenvalue weighted by molar-refractivity contribution is 0.181. The van der Waals surface area contributed by atoms with Gasteiger partial charge in [0.2, 0.25) is 0 Å². The number of aliphatic hydroxyl groups excluding tert-OH is 1. The molecule has 6 heteroatoms. The van der Waals surface area contributed by atoms with E-state index in [0.29, 0.717) is 19.0 Å². The van der Waals surface area contributed by atoms with Crippen LogP contribution in [-0.2, 0) is 0 Å². The second-order valence-corrected chi connectivity index (χ2v) is 5.12. The fraction of sp³-hybridized carbons (Fsp3) is 0.308. The lowest BCUT2D eigenvalue weighted by Crippen LogP contribution is -2.42. The highest BCUT2D eigenvalue weighted by atomic mass is 127. The van der Waals surface area contributed by atoms with Crippen molar-refractivity contribution >= 4 is 39.8 Å². The molecule has 0 amide bonds. The minimum absolute atomic E-state index is 0.183. The standard InChI is InChI=1S/C13H16IN3O2/c1-8(5-14)9-2-10(4-11(18)3-9)17-13-15-6-12(19)7-16-13/h2-4,12,18-19H,1,5-7H2,(H2,15,16,17). The molecule has 2 rings (SSSR count). The number of nitrogens with zero attached hydrogens (tertiary/aromatic N) is 1. The maximum absolute atomic E-state index is 9.73. The van der Waals surface area contributed by atoms with Crippen LogP contribution in [0.3, 0.4) is 0 Å². The summed E-state index contributed by atoms with van der Waals surface area (Å²) in [7, 11) is 0. The van der Waals surface area contributed by atoms with Gasteiger partial charge in [-0.05, 0) is 23.3 Å². The fourth-order valence-corrected chi connectivity index (χ4v) is 2.16. The third-order valence-corrected chi connectivity index (χ3v) is 3.64. The number of anilines is 1. The van der Waals surface area contributed by atoms with Gasteiger partial charge in [0.1, 0.15) is 5.75 Å². The maximum atomic E-state index is 9.73. The van der Waals surface area contributed by atoms with Gasteiger partial charge in [-0.1, -0.05) is 29.2 Å². The molecule has 1 unspecified atom stereocenters. The van der Waals surface area contributed by atoms with Crippen molar-refractivity contribution in [2.45, 2.75) is 6.10 Å². The predicted octanol–water partition coefficient (Wildman–Crippen LogP) is 1.57. The smallest absolute Gasteiger partial charge is 0.195 e. The first kappa shape index (κ1) is 14.1. The van der Waals surface area contributed by atoms with Crippen LogP contribution in [0, 0.1) is 0 Å². The Bertz CT molecular complexity index is 517. The Morgan fingerprint density at radius 1 is 1.53 bits per heavy atom. The zero-order valence-electron chi connectivity index (χ0n) is 10.4. The number of nitrogens with one attached hydrogen (secondary N) is 2. The molecule has 4 N–H and O–H groups in total. The van der Waals surface area contributed by atoms with Gasteiger partial charge in [-0.25, -0.2) is 0 Å². The first-order chi connectivity index (χ1) is 9.08. The first-order valence-corrected chi connectivity index (χ1v) is 7.42. The van der Waals surface area contributed by atoms with E-state index >= 15 is 0 Å². The molecule has 0 aliphatic carbocycles. The van der Waals surface area contributed by atoms with Crippen LogP contribution < -0.4 is 10.6 Å². The summed E-state index contributed by atoms with van der Waals surface area (Å²) in [6, 6.07) is 5.22. The van der Waals surface area contributed by atoms with E-state index in [9.17, 15) is 10.2 Å². The number of guanidine groups is 1. The van der Waals surface area contributed by atoms with Crippen LogP contribution in [0.15, 0.2) is 29.8 Å². The number of phenolic OH excluding ortho intramolecular Hbond substituents is 1. The van der Waals surface area contributed by atoms with Gasteiger partial charge in [-0.15, -0.1) is 0 Å². The molecule has 1 aliphatic heterocycles. The van der Waals surface area contributed by atoms with Gasteiger partial charge in [-0.2, -0.15) is 0 Å².